The van der Waals surface area contributed by atoms with Gasteiger partial charge >= 0.3 is 0 Å². The molecule has 0 atom stereocenters. The molecule has 0 unspecified atom stereocenters. The fraction of sp³-hybridized carbons (Fsp3) is 0. The fourth-order valence-corrected chi connectivity index (χ4v) is 7.81. The summed E-state index contributed by atoms with van der Waals surface area (Å²) in [6.07, 6.45) is 0. The molecule has 9 rings (SSSR count). The molecule has 0 amide bonds. The Morgan fingerprint density at radius 1 is 0.304 bits per heavy atom. The van der Waals surface area contributed by atoms with Gasteiger partial charge in [0, 0.05) is 37.2 Å². The van der Waals surface area contributed by atoms with Crippen LogP contribution < -0.4 is 4.90 Å². The van der Waals surface area contributed by atoms with Crippen LogP contribution in [0.1, 0.15) is 0 Å². The van der Waals surface area contributed by atoms with E-state index >= 15 is 0 Å². The van der Waals surface area contributed by atoms with Crippen LogP contribution in [-0.4, -0.2) is 0 Å². The Labute approximate surface area is 272 Å². The van der Waals surface area contributed by atoms with E-state index in [-0.39, 0.29) is 0 Å². The van der Waals surface area contributed by atoms with Gasteiger partial charge < -0.3 is 4.90 Å². The molecule has 216 valence electrons. The lowest BCUT2D eigenvalue weighted by Crippen LogP contribution is -2.10. The fourth-order valence-electron chi connectivity index (χ4n) is 6.67. The second-order valence-electron chi connectivity index (χ2n) is 11.8. The molecule has 0 saturated carbocycles. The predicted molar refractivity (Wildman–Crippen MR) is 200 cm³/mol. The highest BCUT2D eigenvalue weighted by Crippen LogP contribution is 2.40. The molecule has 0 aliphatic heterocycles. The number of hydrogen-bond acceptors (Lipinski definition) is 2. The largest absolute Gasteiger partial charge is 0.310 e. The zero-order chi connectivity index (χ0) is 30.5. The van der Waals surface area contributed by atoms with Gasteiger partial charge in [-0.25, -0.2) is 0 Å². The first-order valence-corrected chi connectivity index (χ1v) is 16.5. The first-order valence-electron chi connectivity index (χ1n) is 15.7. The third-order valence-corrected chi connectivity index (χ3v) is 10.1. The van der Waals surface area contributed by atoms with Crippen LogP contribution in [0.25, 0.3) is 64.0 Å². The Morgan fingerprint density at radius 2 is 0.935 bits per heavy atom. The molecule has 0 N–H and O–H groups in total. The SMILES string of the molecule is c1ccc(-c2cccc(N(c3ccc(-c4ccc5cc6c(cc5c4)sc4ccccc46)cc3)c3ccc4ccccc4c3)c2)cc1. The Morgan fingerprint density at radius 3 is 1.83 bits per heavy atom. The number of nitrogens with zero attached hydrogens (tertiary/aromatic N) is 1. The standard InChI is InChI=1S/C44H29NS/c1-2-9-30(10-3-1)34-13-8-14-39(26-34)45(40-24-21-31-11-4-5-12-33(31)27-40)38-22-19-32(20-23-38)35-17-18-36-28-42-41-15-6-7-16-43(41)46-44(42)29-37(36)25-35/h1-29H. The number of fused-ring (bicyclic) bond motifs is 5. The van der Waals surface area contributed by atoms with Crippen LogP contribution in [0.5, 0.6) is 0 Å². The van der Waals surface area contributed by atoms with E-state index in [1.165, 1.54) is 64.0 Å². The molecule has 1 nitrogen and oxygen atoms in total. The van der Waals surface area contributed by atoms with E-state index in [9.17, 15) is 0 Å². The van der Waals surface area contributed by atoms with E-state index in [1.807, 2.05) is 11.3 Å². The summed E-state index contributed by atoms with van der Waals surface area (Å²) in [6.45, 7) is 0. The maximum absolute atomic E-state index is 2.36. The van der Waals surface area contributed by atoms with Gasteiger partial charge in [-0.05, 0) is 104 Å². The van der Waals surface area contributed by atoms with E-state index in [0.29, 0.717) is 0 Å². The second kappa shape index (κ2) is 11.0. The number of rotatable bonds is 5. The van der Waals surface area contributed by atoms with Crippen LogP contribution in [0.3, 0.4) is 0 Å². The van der Waals surface area contributed by atoms with Gasteiger partial charge in [0.1, 0.15) is 0 Å². The highest BCUT2D eigenvalue weighted by Gasteiger charge is 2.15. The van der Waals surface area contributed by atoms with Crippen LogP contribution in [0, 0.1) is 0 Å². The molecule has 0 bridgehead atoms. The van der Waals surface area contributed by atoms with Gasteiger partial charge in [-0.3, -0.25) is 0 Å². The van der Waals surface area contributed by atoms with Crippen LogP contribution >= 0.6 is 11.3 Å². The summed E-state index contributed by atoms with van der Waals surface area (Å²) in [6, 6.07) is 64.0. The lowest BCUT2D eigenvalue weighted by molar-refractivity contribution is 1.29. The van der Waals surface area contributed by atoms with Crippen molar-refractivity contribution in [3.05, 3.63) is 176 Å². The van der Waals surface area contributed by atoms with Gasteiger partial charge in [0.2, 0.25) is 0 Å². The molecule has 0 saturated heterocycles. The van der Waals surface area contributed by atoms with E-state index < -0.39 is 0 Å². The molecular formula is C44H29NS. The summed E-state index contributed by atoms with van der Waals surface area (Å²) in [5, 5.41) is 7.70. The summed E-state index contributed by atoms with van der Waals surface area (Å²) >= 11 is 1.87. The highest BCUT2D eigenvalue weighted by molar-refractivity contribution is 7.25. The normalized spacial score (nSPS) is 11.5. The highest BCUT2D eigenvalue weighted by atomic mass is 32.1. The van der Waals surface area contributed by atoms with Gasteiger partial charge in [-0.2, -0.15) is 0 Å². The molecule has 0 aliphatic rings. The zero-order valence-corrected chi connectivity index (χ0v) is 25.9. The Balaban J connectivity index is 1.13. The van der Waals surface area contributed by atoms with E-state index in [0.717, 1.165) is 17.1 Å². The minimum Gasteiger partial charge on any atom is -0.310 e. The first-order chi connectivity index (χ1) is 22.8. The average molecular weight is 604 g/mol. The smallest absolute Gasteiger partial charge is 0.0468 e. The number of benzene rings is 8. The molecule has 1 aromatic heterocycles. The first kappa shape index (κ1) is 26.7. The Hall–Kier alpha value is -5.70. The topological polar surface area (TPSA) is 3.24 Å². The van der Waals surface area contributed by atoms with Crippen molar-refractivity contribution in [1.29, 1.82) is 0 Å². The summed E-state index contributed by atoms with van der Waals surface area (Å²) < 4.78 is 2.68. The maximum Gasteiger partial charge on any atom is 0.0468 e. The number of thiophene rings is 1. The lowest BCUT2D eigenvalue weighted by Gasteiger charge is -2.26. The van der Waals surface area contributed by atoms with Gasteiger partial charge in [0.25, 0.3) is 0 Å². The maximum atomic E-state index is 2.36. The molecule has 8 aromatic carbocycles. The van der Waals surface area contributed by atoms with E-state index in [1.54, 1.807) is 0 Å². The van der Waals surface area contributed by atoms with Gasteiger partial charge in [-0.1, -0.05) is 115 Å². The molecule has 1 heterocycles. The summed E-state index contributed by atoms with van der Waals surface area (Å²) in [4.78, 5) is 2.36. The van der Waals surface area contributed by atoms with Crippen molar-refractivity contribution >= 4 is 70.1 Å². The van der Waals surface area contributed by atoms with Gasteiger partial charge in [-0.15, -0.1) is 11.3 Å². The molecular weight excluding hydrogens is 575 g/mol. The van der Waals surface area contributed by atoms with Crippen molar-refractivity contribution in [2.75, 3.05) is 4.90 Å². The van der Waals surface area contributed by atoms with Crippen molar-refractivity contribution in [1.82, 2.24) is 0 Å². The Kier molecular flexibility index (Phi) is 6.40. The Bertz CT molecular complexity index is 2530. The molecule has 2 heteroatoms. The van der Waals surface area contributed by atoms with Crippen molar-refractivity contribution in [2.45, 2.75) is 0 Å². The monoisotopic (exact) mass is 603 g/mol. The quantitative estimate of drug-likeness (QED) is 0.189. The minimum absolute atomic E-state index is 1.12. The van der Waals surface area contributed by atoms with Gasteiger partial charge in [0.05, 0.1) is 0 Å². The lowest BCUT2D eigenvalue weighted by atomic mass is 9.99. The van der Waals surface area contributed by atoms with Crippen molar-refractivity contribution in [3.63, 3.8) is 0 Å². The predicted octanol–water partition coefficient (Wildman–Crippen LogP) is 13.2. The van der Waals surface area contributed by atoms with Crippen molar-refractivity contribution in [2.24, 2.45) is 0 Å². The van der Waals surface area contributed by atoms with E-state index in [2.05, 4.69) is 181 Å². The molecule has 46 heavy (non-hydrogen) atoms. The average Bonchev–Trinajstić information content (AvgIpc) is 3.48. The van der Waals surface area contributed by atoms with Gasteiger partial charge in [0.15, 0.2) is 0 Å². The van der Waals surface area contributed by atoms with Crippen molar-refractivity contribution < 1.29 is 0 Å². The van der Waals surface area contributed by atoms with Crippen molar-refractivity contribution in [3.8, 4) is 22.3 Å². The molecule has 0 radical (unpaired) electrons. The summed E-state index contributed by atoms with van der Waals surface area (Å²) in [5.41, 5.74) is 8.22. The third kappa shape index (κ3) is 4.72. The molecule has 0 fully saturated rings. The molecule has 0 spiro atoms. The van der Waals surface area contributed by atoms with Crippen LogP contribution in [0.4, 0.5) is 17.1 Å². The second-order valence-corrected chi connectivity index (χ2v) is 12.9. The minimum atomic E-state index is 1.12. The summed E-state index contributed by atoms with van der Waals surface area (Å²) in [5.74, 6) is 0. The van der Waals surface area contributed by atoms with Crippen LogP contribution in [-0.2, 0) is 0 Å². The summed E-state index contributed by atoms with van der Waals surface area (Å²) in [7, 11) is 0. The molecule has 0 aliphatic carbocycles. The number of anilines is 3. The van der Waals surface area contributed by atoms with Crippen LogP contribution in [0.2, 0.25) is 0 Å². The molecule has 9 aromatic rings. The number of hydrogen-bond donors (Lipinski definition) is 0. The van der Waals surface area contributed by atoms with Crippen LogP contribution in [0.15, 0.2) is 176 Å². The van der Waals surface area contributed by atoms with E-state index in [4.69, 9.17) is 0 Å². The zero-order valence-electron chi connectivity index (χ0n) is 25.1. The third-order valence-electron chi connectivity index (χ3n) is 9.00.